The predicted octanol–water partition coefficient (Wildman–Crippen LogP) is 3.47. The Labute approximate surface area is 110 Å². The van der Waals surface area contributed by atoms with E-state index in [-0.39, 0.29) is 6.04 Å². The lowest BCUT2D eigenvalue weighted by Gasteiger charge is -2.12. The van der Waals surface area contributed by atoms with Crippen LogP contribution in [0.25, 0.3) is 0 Å². The topological polar surface area (TPSA) is 38.3 Å². The number of para-hydroxylation sites is 1. The summed E-state index contributed by atoms with van der Waals surface area (Å²) in [6.07, 6.45) is 0.409. The molecule has 0 aliphatic rings. The average molecular weight is 261 g/mol. The number of hydrogen-bond donors (Lipinski definition) is 1. The Balaban J connectivity index is 1.80. The van der Waals surface area contributed by atoms with Crippen LogP contribution in [0, 0.1) is 0 Å². The third-order valence-corrected chi connectivity index (χ3v) is 3.30. The second-order valence-electron chi connectivity index (χ2n) is 4.03. The van der Waals surface area contributed by atoms with E-state index in [9.17, 15) is 4.79 Å². The minimum Gasteiger partial charge on any atom is -0.410 e. The fourth-order valence-electron chi connectivity index (χ4n) is 1.61. The van der Waals surface area contributed by atoms with E-state index >= 15 is 0 Å². The van der Waals surface area contributed by atoms with Crippen molar-refractivity contribution in [3.05, 3.63) is 52.7 Å². The number of rotatable bonds is 4. The molecule has 0 aliphatic heterocycles. The van der Waals surface area contributed by atoms with Gasteiger partial charge in [-0.1, -0.05) is 24.3 Å². The summed E-state index contributed by atoms with van der Waals surface area (Å²) in [5, 5.41) is 4.84. The molecule has 3 nitrogen and oxygen atoms in total. The maximum Gasteiger partial charge on any atom is 0.412 e. The Morgan fingerprint density at radius 3 is 2.72 bits per heavy atom. The van der Waals surface area contributed by atoms with E-state index in [4.69, 9.17) is 4.74 Å². The van der Waals surface area contributed by atoms with Crippen molar-refractivity contribution < 1.29 is 9.53 Å². The van der Waals surface area contributed by atoms with Crippen LogP contribution in [0.1, 0.15) is 11.8 Å². The van der Waals surface area contributed by atoms with Gasteiger partial charge < -0.3 is 10.1 Å². The van der Waals surface area contributed by atoms with Gasteiger partial charge in [0.25, 0.3) is 0 Å². The molecule has 94 valence electrons. The predicted molar refractivity (Wildman–Crippen MR) is 73.1 cm³/mol. The number of hydrogen-bond acceptors (Lipinski definition) is 3. The smallest absolute Gasteiger partial charge is 0.410 e. The van der Waals surface area contributed by atoms with E-state index in [1.807, 2.05) is 36.6 Å². The highest BCUT2D eigenvalue weighted by Gasteiger charge is 2.10. The monoisotopic (exact) mass is 261 g/mol. The Morgan fingerprint density at radius 2 is 2.06 bits per heavy atom. The van der Waals surface area contributed by atoms with Crippen LogP contribution in [0.5, 0.6) is 5.75 Å². The van der Waals surface area contributed by atoms with Crippen molar-refractivity contribution in [1.82, 2.24) is 5.32 Å². The molecule has 1 aromatic carbocycles. The van der Waals surface area contributed by atoms with Gasteiger partial charge in [-0.3, -0.25) is 0 Å². The third kappa shape index (κ3) is 3.89. The second kappa shape index (κ2) is 6.21. The Hall–Kier alpha value is -1.81. The first-order valence-corrected chi connectivity index (χ1v) is 6.68. The zero-order valence-corrected chi connectivity index (χ0v) is 10.9. The Kier molecular flexibility index (Phi) is 4.36. The van der Waals surface area contributed by atoms with Gasteiger partial charge in [0.05, 0.1) is 0 Å². The highest BCUT2D eigenvalue weighted by atomic mass is 32.1. The van der Waals surface area contributed by atoms with Gasteiger partial charge in [0.15, 0.2) is 0 Å². The molecule has 2 rings (SSSR count). The van der Waals surface area contributed by atoms with Crippen LogP contribution in [0.2, 0.25) is 0 Å². The van der Waals surface area contributed by atoms with Crippen LogP contribution in [0.3, 0.4) is 0 Å². The van der Waals surface area contributed by atoms with Gasteiger partial charge in [-0.2, -0.15) is 0 Å². The largest absolute Gasteiger partial charge is 0.412 e. The van der Waals surface area contributed by atoms with E-state index in [0.29, 0.717) is 5.75 Å². The normalized spacial score (nSPS) is 11.8. The van der Waals surface area contributed by atoms with Crippen LogP contribution in [0.4, 0.5) is 4.79 Å². The average Bonchev–Trinajstić information content (AvgIpc) is 2.82. The molecule has 0 bridgehead atoms. The van der Waals surface area contributed by atoms with Crippen LogP contribution >= 0.6 is 11.3 Å². The van der Waals surface area contributed by atoms with E-state index < -0.39 is 6.09 Å². The summed E-state index contributed by atoms with van der Waals surface area (Å²) in [7, 11) is 0. The van der Waals surface area contributed by atoms with Crippen LogP contribution in [0.15, 0.2) is 47.8 Å². The highest BCUT2D eigenvalue weighted by Crippen LogP contribution is 2.12. The first kappa shape index (κ1) is 12.6. The molecular formula is C14H15NO2S. The van der Waals surface area contributed by atoms with Gasteiger partial charge in [-0.15, -0.1) is 11.3 Å². The second-order valence-corrected chi connectivity index (χ2v) is 5.06. The van der Waals surface area contributed by atoms with Gasteiger partial charge in [0.2, 0.25) is 0 Å². The fourth-order valence-corrected chi connectivity index (χ4v) is 2.44. The van der Waals surface area contributed by atoms with Gasteiger partial charge in [0, 0.05) is 17.3 Å². The van der Waals surface area contributed by atoms with Gasteiger partial charge in [-0.05, 0) is 30.5 Å². The summed E-state index contributed by atoms with van der Waals surface area (Å²) in [6.45, 7) is 1.96. The maximum atomic E-state index is 11.6. The molecular weight excluding hydrogens is 246 g/mol. The molecule has 1 atom stereocenters. The molecule has 0 radical (unpaired) electrons. The molecule has 0 aliphatic carbocycles. The zero-order valence-electron chi connectivity index (χ0n) is 10.1. The van der Waals surface area contributed by atoms with Crippen molar-refractivity contribution in [2.45, 2.75) is 19.4 Å². The van der Waals surface area contributed by atoms with Crippen molar-refractivity contribution in [3.8, 4) is 5.75 Å². The number of ether oxygens (including phenoxy) is 1. The Morgan fingerprint density at radius 1 is 1.28 bits per heavy atom. The first-order valence-electron chi connectivity index (χ1n) is 5.80. The van der Waals surface area contributed by atoms with Gasteiger partial charge in [-0.25, -0.2) is 4.79 Å². The number of carbonyl (C=O) groups is 1. The fraction of sp³-hybridized carbons (Fsp3) is 0.214. The molecule has 1 unspecified atom stereocenters. The van der Waals surface area contributed by atoms with Gasteiger partial charge >= 0.3 is 6.09 Å². The van der Waals surface area contributed by atoms with Crippen molar-refractivity contribution in [1.29, 1.82) is 0 Å². The van der Waals surface area contributed by atoms with Gasteiger partial charge in [0.1, 0.15) is 5.75 Å². The number of carbonyl (C=O) groups excluding carboxylic acids is 1. The SMILES string of the molecule is CC(Cc1cccs1)NC(=O)Oc1ccccc1. The van der Waals surface area contributed by atoms with Crippen LogP contribution in [-0.4, -0.2) is 12.1 Å². The van der Waals surface area contributed by atoms with E-state index in [1.165, 1.54) is 4.88 Å². The molecule has 18 heavy (non-hydrogen) atoms. The van der Waals surface area contributed by atoms with Crippen molar-refractivity contribution in [2.75, 3.05) is 0 Å². The minimum atomic E-state index is -0.412. The zero-order chi connectivity index (χ0) is 12.8. The maximum absolute atomic E-state index is 11.6. The number of benzene rings is 1. The lowest BCUT2D eigenvalue weighted by Crippen LogP contribution is -2.36. The van der Waals surface area contributed by atoms with Crippen molar-refractivity contribution >= 4 is 17.4 Å². The molecule has 0 saturated carbocycles. The molecule has 2 aromatic rings. The minimum absolute atomic E-state index is 0.0554. The number of nitrogens with one attached hydrogen (secondary N) is 1. The highest BCUT2D eigenvalue weighted by molar-refractivity contribution is 7.09. The standard InChI is InChI=1S/C14H15NO2S/c1-11(10-13-8-5-9-18-13)15-14(16)17-12-6-3-2-4-7-12/h2-9,11H,10H2,1H3,(H,15,16). The molecule has 1 heterocycles. The van der Waals surface area contributed by atoms with Crippen molar-refractivity contribution in [3.63, 3.8) is 0 Å². The van der Waals surface area contributed by atoms with E-state index in [0.717, 1.165) is 6.42 Å². The summed E-state index contributed by atoms with van der Waals surface area (Å²) in [6, 6.07) is 13.2. The molecule has 1 aromatic heterocycles. The lowest BCUT2D eigenvalue weighted by atomic mass is 10.2. The summed E-state index contributed by atoms with van der Waals surface area (Å²) < 4.78 is 5.16. The molecule has 0 spiro atoms. The summed E-state index contributed by atoms with van der Waals surface area (Å²) >= 11 is 1.69. The molecule has 0 saturated heterocycles. The summed E-state index contributed by atoms with van der Waals surface area (Å²) in [5.74, 6) is 0.554. The quantitative estimate of drug-likeness (QED) is 0.915. The number of amides is 1. The summed E-state index contributed by atoms with van der Waals surface area (Å²) in [4.78, 5) is 12.9. The molecule has 0 fully saturated rings. The number of thiophene rings is 1. The van der Waals surface area contributed by atoms with Crippen molar-refractivity contribution in [2.24, 2.45) is 0 Å². The van der Waals surface area contributed by atoms with Crippen LogP contribution in [-0.2, 0) is 6.42 Å². The summed E-state index contributed by atoms with van der Waals surface area (Å²) in [5.41, 5.74) is 0. The lowest BCUT2D eigenvalue weighted by molar-refractivity contribution is 0.197. The molecule has 1 N–H and O–H groups in total. The first-order chi connectivity index (χ1) is 8.74. The molecule has 4 heteroatoms. The van der Waals surface area contributed by atoms with E-state index in [2.05, 4.69) is 11.4 Å². The Bertz CT molecular complexity index is 482. The van der Waals surface area contributed by atoms with Crippen LogP contribution < -0.4 is 10.1 Å². The van der Waals surface area contributed by atoms with E-state index in [1.54, 1.807) is 23.5 Å². The third-order valence-electron chi connectivity index (χ3n) is 2.41. The molecule has 1 amide bonds.